The van der Waals surface area contributed by atoms with Gasteiger partial charge >= 0.3 is 0 Å². The fourth-order valence-corrected chi connectivity index (χ4v) is 4.55. The first-order chi connectivity index (χ1) is 11.6. The molecule has 0 radical (unpaired) electrons. The molecule has 1 saturated heterocycles. The van der Waals surface area contributed by atoms with E-state index in [1.807, 2.05) is 11.6 Å². The highest BCUT2D eigenvalue weighted by molar-refractivity contribution is 5.94. The van der Waals surface area contributed by atoms with E-state index in [1.165, 1.54) is 25.7 Å². The van der Waals surface area contributed by atoms with Crippen molar-refractivity contribution in [2.45, 2.75) is 71.6 Å². The average Bonchev–Trinajstić information content (AvgIpc) is 3.35. The molecule has 1 aromatic rings. The van der Waals surface area contributed by atoms with Crippen molar-refractivity contribution < 1.29 is 9.53 Å². The number of aromatic nitrogens is 2. The van der Waals surface area contributed by atoms with Crippen LogP contribution < -0.4 is 0 Å². The Morgan fingerprint density at radius 3 is 2.46 bits per heavy atom. The molecule has 0 bridgehead atoms. The van der Waals surface area contributed by atoms with Crippen molar-refractivity contribution in [3.63, 3.8) is 0 Å². The number of likely N-dealkylation sites (tertiary alicyclic amines) is 1. The van der Waals surface area contributed by atoms with E-state index in [2.05, 4.69) is 18.7 Å². The van der Waals surface area contributed by atoms with Crippen LogP contribution >= 0.6 is 0 Å². The zero-order chi connectivity index (χ0) is 16.8. The summed E-state index contributed by atoms with van der Waals surface area (Å²) < 4.78 is 7.80. The third kappa shape index (κ3) is 2.77. The molecule has 4 rings (SSSR count). The second kappa shape index (κ2) is 6.17. The lowest BCUT2D eigenvalue weighted by Gasteiger charge is -2.32. The molecule has 0 aromatic carbocycles. The highest BCUT2D eigenvalue weighted by Gasteiger charge is 2.37. The van der Waals surface area contributed by atoms with Crippen molar-refractivity contribution in [2.75, 3.05) is 13.1 Å². The second-order valence-electron chi connectivity index (χ2n) is 7.79. The van der Waals surface area contributed by atoms with Crippen LogP contribution in [0.1, 0.15) is 74.3 Å². The van der Waals surface area contributed by atoms with Gasteiger partial charge in [-0.3, -0.25) is 9.48 Å². The molecule has 2 aliphatic heterocycles. The maximum Gasteiger partial charge on any atom is 0.272 e. The van der Waals surface area contributed by atoms with Crippen molar-refractivity contribution in [3.8, 4) is 0 Å². The maximum atomic E-state index is 13.2. The van der Waals surface area contributed by atoms with Gasteiger partial charge in [0.1, 0.15) is 5.69 Å². The van der Waals surface area contributed by atoms with Gasteiger partial charge in [0.15, 0.2) is 0 Å². The van der Waals surface area contributed by atoms with Gasteiger partial charge in [0.05, 0.1) is 17.9 Å². The average molecular weight is 331 g/mol. The molecule has 1 aromatic heterocycles. The summed E-state index contributed by atoms with van der Waals surface area (Å²) >= 11 is 0. The minimum atomic E-state index is -0.0243. The van der Waals surface area contributed by atoms with Crippen LogP contribution in [-0.4, -0.2) is 39.8 Å². The highest BCUT2D eigenvalue weighted by atomic mass is 16.5. The molecule has 132 valence electrons. The van der Waals surface area contributed by atoms with E-state index in [4.69, 9.17) is 9.84 Å². The number of amides is 1. The van der Waals surface area contributed by atoms with Gasteiger partial charge in [0.2, 0.25) is 0 Å². The lowest BCUT2D eigenvalue weighted by atomic mass is 9.91. The first-order valence-electron chi connectivity index (χ1n) is 9.62. The van der Waals surface area contributed by atoms with Crippen molar-refractivity contribution in [2.24, 2.45) is 11.8 Å². The Hall–Kier alpha value is -1.36. The predicted octanol–water partition coefficient (Wildman–Crippen LogP) is 3.19. The lowest BCUT2D eigenvalue weighted by molar-refractivity contribution is -0.00717. The molecule has 2 atom stereocenters. The number of fused-ring (bicyclic) bond motifs is 1. The Morgan fingerprint density at radius 2 is 1.83 bits per heavy atom. The summed E-state index contributed by atoms with van der Waals surface area (Å²) in [6, 6.07) is 0. The van der Waals surface area contributed by atoms with E-state index in [0.717, 1.165) is 54.8 Å². The van der Waals surface area contributed by atoms with Crippen LogP contribution in [0.2, 0.25) is 0 Å². The van der Waals surface area contributed by atoms with Crippen LogP contribution in [0, 0.1) is 11.8 Å². The molecule has 3 aliphatic rings. The number of hydrogen-bond acceptors (Lipinski definition) is 3. The van der Waals surface area contributed by atoms with E-state index < -0.39 is 0 Å². The molecule has 1 saturated carbocycles. The molecule has 1 aliphatic carbocycles. The monoisotopic (exact) mass is 331 g/mol. The summed E-state index contributed by atoms with van der Waals surface area (Å²) in [4.78, 5) is 15.3. The van der Waals surface area contributed by atoms with Gasteiger partial charge in [-0.2, -0.15) is 5.10 Å². The number of carbonyl (C=O) groups excluding carboxylic acids is 1. The van der Waals surface area contributed by atoms with Crippen LogP contribution in [0.25, 0.3) is 0 Å². The van der Waals surface area contributed by atoms with Crippen LogP contribution in [0.4, 0.5) is 0 Å². The van der Waals surface area contributed by atoms with E-state index in [-0.39, 0.29) is 18.1 Å². The van der Waals surface area contributed by atoms with Crippen molar-refractivity contribution in [1.82, 2.24) is 14.7 Å². The van der Waals surface area contributed by atoms with Gasteiger partial charge in [-0.05, 0) is 58.3 Å². The molecule has 0 unspecified atom stereocenters. The normalized spacial score (nSPS) is 28.0. The Kier molecular flexibility index (Phi) is 4.15. The molecule has 0 N–H and O–H groups in total. The number of rotatable bonds is 3. The Bertz CT molecular complexity index is 627. The summed E-state index contributed by atoms with van der Waals surface area (Å²) in [6.07, 6.45) is 6.08. The van der Waals surface area contributed by atoms with E-state index in [0.29, 0.717) is 0 Å². The summed E-state index contributed by atoms with van der Waals surface area (Å²) in [5.41, 5.74) is 2.91. The van der Waals surface area contributed by atoms with Gasteiger partial charge in [0.25, 0.3) is 5.91 Å². The van der Waals surface area contributed by atoms with Gasteiger partial charge in [-0.1, -0.05) is 0 Å². The van der Waals surface area contributed by atoms with E-state index in [1.54, 1.807) is 0 Å². The molecular formula is C19H29N3O2. The van der Waals surface area contributed by atoms with Gasteiger partial charge < -0.3 is 9.64 Å². The Labute approximate surface area is 144 Å². The van der Waals surface area contributed by atoms with Crippen LogP contribution in [0.5, 0.6) is 0 Å². The standard InChI is InChI=1S/C19H29N3O2/c1-4-22-18(16-11-12(2)24-13(3)17(16)20-22)19(23)21-9-7-15(8-10-21)14-5-6-14/h12-15H,4-11H2,1-3H3/t12-,13+/m0/s1. The molecular weight excluding hydrogens is 302 g/mol. The van der Waals surface area contributed by atoms with Gasteiger partial charge in [-0.25, -0.2) is 0 Å². The van der Waals surface area contributed by atoms with Gasteiger partial charge in [-0.15, -0.1) is 0 Å². The third-order valence-corrected chi connectivity index (χ3v) is 6.01. The number of nitrogens with zero attached hydrogens (tertiary/aromatic N) is 3. The quantitative estimate of drug-likeness (QED) is 0.854. The Morgan fingerprint density at radius 1 is 1.17 bits per heavy atom. The highest BCUT2D eigenvalue weighted by Crippen LogP contribution is 2.42. The number of hydrogen-bond donors (Lipinski definition) is 0. The maximum absolute atomic E-state index is 13.2. The minimum Gasteiger partial charge on any atom is -0.369 e. The zero-order valence-electron chi connectivity index (χ0n) is 15.1. The SMILES string of the molecule is CCn1nc2c(c1C(=O)N1CCC(C3CC3)CC1)C[C@H](C)O[C@@H]2C. The number of piperidine rings is 1. The van der Waals surface area contributed by atoms with Crippen molar-refractivity contribution in [3.05, 3.63) is 17.0 Å². The zero-order valence-corrected chi connectivity index (χ0v) is 15.1. The summed E-state index contributed by atoms with van der Waals surface area (Å²) in [6.45, 7) is 8.72. The molecule has 24 heavy (non-hydrogen) atoms. The fourth-order valence-electron chi connectivity index (χ4n) is 4.55. The lowest BCUT2D eigenvalue weighted by Crippen LogP contribution is -2.40. The van der Waals surface area contributed by atoms with Gasteiger partial charge in [0, 0.05) is 31.6 Å². The molecule has 2 fully saturated rings. The smallest absolute Gasteiger partial charge is 0.272 e. The number of carbonyl (C=O) groups is 1. The van der Waals surface area contributed by atoms with E-state index >= 15 is 0 Å². The predicted molar refractivity (Wildman–Crippen MR) is 91.9 cm³/mol. The summed E-state index contributed by atoms with van der Waals surface area (Å²) in [5.74, 6) is 1.99. The topological polar surface area (TPSA) is 47.4 Å². The largest absolute Gasteiger partial charge is 0.369 e. The summed E-state index contributed by atoms with van der Waals surface area (Å²) in [5, 5.41) is 4.70. The van der Waals surface area contributed by atoms with Crippen LogP contribution in [-0.2, 0) is 17.7 Å². The Balaban J connectivity index is 1.57. The molecule has 3 heterocycles. The summed E-state index contributed by atoms with van der Waals surface area (Å²) in [7, 11) is 0. The number of aryl methyl sites for hydroxylation is 1. The van der Waals surface area contributed by atoms with Crippen molar-refractivity contribution >= 4 is 5.91 Å². The van der Waals surface area contributed by atoms with Crippen LogP contribution in [0.3, 0.4) is 0 Å². The molecule has 1 amide bonds. The first-order valence-corrected chi connectivity index (χ1v) is 9.62. The van der Waals surface area contributed by atoms with Crippen molar-refractivity contribution in [1.29, 1.82) is 0 Å². The van der Waals surface area contributed by atoms with Crippen LogP contribution in [0.15, 0.2) is 0 Å². The molecule has 5 heteroatoms. The first kappa shape index (κ1) is 16.1. The third-order valence-electron chi connectivity index (χ3n) is 6.01. The minimum absolute atomic E-state index is 0.0243. The molecule has 0 spiro atoms. The second-order valence-corrected chi connectivity index (χ2v) is 7.79. The fraction of sp³-hybridized carbons (Fsp3) is 0.789. The number of ether oxygens (including phenoxy) is 1. The molecule has 5 nitrogen and oxygen atoms in total. The van der Waals surface area contributed by atoms with E-state index in [9.17, 15) is 4.79 Å².